The second kappa shape index (κ2) is 18.4. The van der Waals surface area contributed by atoms with Gasteiger partial charge in [-0.05, 0) is 32.4 Å². The van der Waals surface area contributed by atoms with Crippen molar-refractivity contribution in [3.05, 3.63) is 0 Å². The van der Waals surface area contributed by atoms with Crippen LogP contribution in [0.15, 0.2) is 0 Å². The van der Waals surface area contributed by atoms with E-state index in [0.29, 0.717) is 0 Å². The summed E-state index contributed by atoms with van der Waals surface area (Å²) >= 11 is 3.47. The monoisotopic (exact) mass is 333 g/mol. The van der Waals surface area contributed by atoms with Gasteiger partial charge in [0.2, 0.25) is 0 Å². The second-order valence-corrected chi connectivity index (χ2v) is 6.47. The van der Waals surface area contributed by atoms with Crippen LogP contribution in [0.4, 0.5) is 0 Å². The molecule has 1 heterocycles. The highest BCUT2D eigenvalue weighted by molar-refractivity contribution is 9.09. The van der Waals surface area contributed by atoms with E-state index in [9.17, 15) is 0 Å². The predicted molar refractivity (Wildman–Crippen MR) is 92.4 cm³/mol. The highest BCUT2D eigenvalue weighted by Crippen LogP contribution is 2.11. The number of alkyl halides is 1. The first-order valence-electron chi connectivity index (χ1n) is 8.68. The molecular weight excluding hydrogens is 298 g/mol. The molecule has 1 aliphatic heterocycles. The van der Waals surface area contributed by atoms with E-state index in [-0.39, 0.29) is 0 Å². The normalized spacial score (nSPS) is 14.2. The average Bonchev–Trinajstić information content (AvgIpc) is 3.00. The van der Waals surface area contributed by atoms with E-state index in [0.717, 1.165) is 0 Å². The van der Waals surface area contributed by atoms with E-state index in [1.807, 2.05) is 0 Å². The predicted octanol–water partition coefficient (Wildman–Crippen LogP) is 6.06. The summed E-state index contributed by atoms with van der Waals surface area (Å²) in [4.78, 5) is 0. The minimum Gasteiger partial charge on any atom is -0.317 e. The molecule has 0 aliphatic carbocycles. The van der Waals surface area contributed by atoms with Crippen molar-refractivity contribution in [2.45, 2.75) is 90.4 Å². The van der Waals surface area contributed by atoms with Crippen LogP contribution < -0.4 is 5.32 Å². The Balaban J connectivity index is 0.000000532. The molecule has 1 fully saturated rings. The zero-order valence-electron chi connectivity index (χ0n) is 13.2. The van der Waals surface area contributed by atoms with E-state index < -0.39 is 0 Å². The van der Waals surface area contributed by atoms with E-state index >= 15 is 0 Å². The molecule has 0 aromatic rings. The van der Waals surface area contributed by atoms with Gasteiger partial charge in [0.05, 0.1) is 0 Å². The maximum Gasteiger partial charge on any atom is 0.00313 e. The smallest absolute Gasteiger partial charge is 0.00313 e. The largest absolute Gasteiger partial charge is 0.317 e. The Morgan fingerprint density at radius 2 is 1.11 bits per heavy atom. The molecule has 19 heavy (non-hydrogen) atoms. The summed E-state index contributed by atoms with van der Waals surface area (Å²) in [5.41, 5.74) is 0. The fourth-order valence-corrected chi connectivity index (χ4v) is 2.78. The van der Waals surface area contributed by atoms with Gasteiger partial charge in [-0.3, -0.25) is 0 Å². The molecule has 1 aliphatic rings. The standard InChI is InChI=1S/C13H27Br.C4H9N/c1-2-3-4-5-6-7-8-9-10-11-12-13-14;1-2-4-5-3-1/h2-13H2,1H3;5H,1-4H2. The third-order valence-electron chi connectivity index (χ3n) is 3.69. The number of halogens is 1. The third-order valence-corrected chi connectivity index (χ3v) is 4.26. The fraction of sp³-hybridized carbons (Fsp3) is 1.00. The number of hydrogen-bond acceptors (Lipinski definition) is 1. The summed E-state index contributed by atoms with van der Waals surface area (Å²) in [7, 11) is 0. The van der Waals surface area contributed by atoms with Crippen molar-refractivity contribution in [1.29, 1.82) is 0 Å². The Bertz CT molecular complexity index is 127. The van der Waals surface area contributed by atoms with Crippen molar-refractivity contribution >= 4 is 15.9 Å². The number of unbranched alkanes of at least 4 members (excludes halogenated alkanes) is 10. The lowest BCUT2D eigenvalue weighted by Crippen LogP contribution is -2.03. The van der Waals surface area contributed by atoms with Crippen molar-refractivity contribution in [2.75, 3.05) is 18.4 Å². The lowest BCUT2D eigenvalue weighted by Gasteiger charge is -2.01. The Morgan fingerprint density at radius 3 is 1.42 bits per heavy atom. The Kier molecular flexibility index (Phi) is 18.9. The lowest BCUT2D eigenvalue weighted by atomic mass is 10.1. The van der Waals surface area contributed by atoms with Crippen molar-refractivity contribution in [2.24, 2.45) is 0 Å². The topological polar surface area (TPSA) is 12.0 Å². The van der Waals surface area contributed by atoms with Crippen LogP contribution in [0.25, 0.3) is 0 Å². The molecular formula is C17H36BrN. The fourth-order valence-electron chi connectivity index (χ4n) is 2.38. The molecule has 1 saturated heterocycles. The number of hydrogen-bond donors (Lipinski definition) is 1. The lowest BCUT2D eigenvalue weighted by molar-refractivity contribution is 0.555. The minimum atomic E-state index is 1.18. The van der Waals surface area contributed by atoms with Gasteiger partial charge in [0.25, 0.3) is 0 Å². The Morgan fingerprint density at radius 1 is 0.684 bits per heavy atom. The van der Waals surface area contributed by atoms with Gasteiger partial charge in [0.1, 0.15) is 0 Å². The molecule has 1 N–H and O–H groups in total. The first-order valence-corrected chi connectivity index (χ1v) is 9.80. The van der Waals surface area contributed by atoms with Crippen LogP contribution in [0, 0.1) is 0 Å². The van der Waals surface area contributed by atoms with Crippen LogP contribution in [-0.4, -0.2) is 18.4 Å². The van der Waals surface area contributed by atoms with Gasteiger partial charge in [-0.1, -0.05) is 87.1 Å². The first kappa shape index (κ1) is 19.4. The van der Waals surface area contributed by atoms with Gasteiger partial charge < -0.3 is 5.32 Å². The summed E-state index contributed by atoms with van der Waals surface area (Å²) in [6, 6.07) is 0. The summed E-state index contributed by atoms with van der Waals surface area (Å²) < 4.78 is 0. The summed E-state index contributed by atoms with van der Waals surface area (Å²) in [6.07, 6.45) is 18.6. The van der Waals surface area contributed by atoms with Crippen molar-refractivity contribution in [3.8, 4) is 0 Å². The SMILES string of the molecule is C1CCNC1.CCCCCCCCCCCCCBr. The molecule has 0 spiro atoms. The maximum atomic E-state index is 3.47. The molecule has 2 heteroatoms. The molecule has 0 radical (unpaired) electrons. The quantitative estimate of drug-likeness (QED) is 0.357. The average molecular weight is 334 g/mol. The number of nitrogens with one attached hydrogen (secondary N) is 1. The van der Waals surface area contributed by atoms with E-state index in [1.54, 1.807) is 0 Å². The summed E-state index contributed by atoms with van der Waals surface area (Å²) in [5, 5.41) is 4.41. The van der Waals surface area contributed by atoms with E-state index in [4.69, 9.17) is 0 Å². The van der Waals surface area contributed by atoms with Crippen LogP contribution in [0.1, 0.15) is 90.4 Å². The molecule has 0 unspecified atom stereocenters. The molecule has 0 saturated carbocycles. The molecule has 0 atom stereocenters. The third kappa shape index (κ3) is 18.4. The van der Waals surface area contributed by atoms with Crippen LogP contribution >= 0.6 is 15.9 Å². The van der Waals surface area contributed by atoms with Gasteiger partial charge in [0.15, 0.2) is 0 Å². The number of rotatable bonds is 11. The molecule has 0 aromatic carbocycles. The highest BCUT2D eigenvalue weighted by Gasteiger charge is 1.93. The van der Waals surface area contributed by atoms with E-state index in [1.165, 1.54) is 102 Å². The van der Waals surface area contributed by atoms with Gasteiger partial charge in [-0.2, -0.15) is 0 Å². The summed E-state index contributed by atoms with van der Waals surface area (Å²) in [5.74, 6) is 0. The van der Waals surface area contributed by atoms with Crippen molar-refractivity contribution in [3.63, 3.8) is 0 Å². The van der Waals surface area contributed by atoms with Crippen molar-refractivity contribution < 1.29 is 0 Å². The maximum absolute atomic E-state index is 3.47. The molecule has 1 rings (SSSR count). The van der Waals surface area contributed by atoms with Crippen LogP contribution in [0.5, 0.6) is 0 Å². The van der Waals surface area contributed by atoms with Crippen LogP contribution in [0.2, 0.25) is 0 Å². The van der Waals surface area contributed by atoms with Crippen molar-refractivity contribution in [1.82, 2.24) is 5.32 Å². The zero-order valence-corrected chi connectivity index (χ0v) is 14.8. The second-order valence-electron chi connectivity index (χ2n) is 5.68. The highest BCUT2D eigenvalue weighted by atomic mass is 79.9. The summed E-state index contributed by atoms with van der Waals surface area (Å²) in [6.45, 7) is 4.78. The van der Waals surface area contributed by atoms with Gasteiger partial charge in [0, 0.05) is 5.33 Å². The first-order chi connectivity index (χ1) is 9.41. The molecule has 116 valence electrons. The van der Waals surface area contributed by atoms with Gasteiger partial charge >= 0.3 is 0 Å². The molecule has 1 nitrogen and oxygen atoms in total. The van der Waals surface area contributed by atoms with Crippen LogP contribution in [-0.2, 0) is 0 Å². The zero-order chi connectivity index (χ0) is 14.0. The van der Waals surface area contributed by atoms with Gasteiger partial charge in [-0.15, -0.1) is 0 Å². The van der Waals surface area contributed by atoms with Crippen LogP contribution in [0.3, 0.4) is 0 Å². The minimum absolute atomic E-state index is 1.18. The Labute approximate surface area is 130 Å². The molecule has 0 aromatic heterocycles. The van der Waals surface area contributed by atoms with E-state index in [2.05, 4.69) is 28.2 Å². The molecule has 0 bridgehead atoms. The van der Waals surface area contributed by atoms with Gasteiger partial charge in [-0.25, -0.2) is 0 Å². The Hall–Kier alpha value is 0.440. The molecule has 0 amide bonds.